The van der Waals surface area contributed by atoms with E-state index in [0.29, 0.717) is 0 Å². The Bertz CT molecular complexity index is 1750. The lowest BCUT2D eigenvalue weighted by Crippen LogP contribution is -2.41. The Morgan fingerprint density at radius 2 is 1.83 bits per heavy atom. The number of hydrogen-bond acceptors (Lipinski definition) is 9. The van der Waals surface area contributed by atoms with E-state index in [1.54, 1.807) is 0 Å². The van der Waals surface area contributed by atoms with Gasteiger partial charge in [-0.3, -0.25) is 29.5 Å². The van der Waals surface area contributed by atoms with Crippen LogP contribution < -0.4 is 20.3 Å². The average molecular weight is 571 g/mol. The van der Waals surface area contributed by atoms with Crippen molar-refractivity contribution >= 4 is 34.0 Å². The van der Waals surface area contributed by atoms with E-state index in [0.717, 1.165) is 28.0 Å². The van der Waals surface area contributed by atoms with Crippen molar-refractivity contribution in [3.8, 4) is 17.2 Å². The van der Waals surface area contributed by atoms with E-state index in [4.69, 9.17) is 14.3 Å². The number of ketones is 3. The van der Waals surface area contributed by atoms with Crippen molar-refractivity contribution in [3.63, 3.8) is 0 Å². The summed E-state index contributed by atoms with van der Waals surface area (Å²) in [6.45, 7) is 6.19. The number of rotatable bonds is 8. The number of carbonyl (C=O) groups is 4. The lowest BCUT2D eigenvalue weighted by atomic mass is 9.70. The summed E-state index contributed by atoms with van der Waals surface area (Å²) in [5.41, 5.74) is 2.66. The fourth-order valence-electron chi connectivity index (χ4n) is 5.46. The first-order valence-corrected chi connectivity index (χ1v) is 13.3. The molecule has 0 bridgehead atoms. The van der Waals surface area contributed by atoms with E-state index in [2.05, 4.69) is 10.8 Å². The second-order valence-electron chi connectivity index (χ2n) is 10.5. The van der Waals surface area contributed by atoms with Gasteiger partial charge in [0, 0.05) is 24.4 Å². The quantitative estimate of drug-likeness (QED) is 0.209. The number of Topliss-reactive ketones (excluding diaryl/α,β-unsaturated/α-hetero) is 2. The molecule has 0 saturated heterocycles. The Hall–Kier alpha value is -4.96. The number of nitrogens with one attached hydrogen (secondary N) is 2. The fourth-order valence-corrected chi connectivity index (χ4v) is 5.46. The van der Waals surface area contributed by atoms with Crippen LogP contribution in [0.4, 0.5) is 0 Å². The van der Waals surface area contributed by atoms with E-state index in [1.165, 1.54) is 33.9 Å². The molecule has 1 heterocycles. The molecule has 1 atom stereocenters. The lowest BCUT2D eigenvalue weighted by molar-refractivity contribution is -0.123. The number of hydrogen-bond donors (Lipinski definition) is 3. The molecule has 0 saturated carbocycles. The number of phenolic OH excluding ortho intramolecular Hbond substituents is 1. The first-order valence-electron chi connectivity index (χ1n) is 13.3. The van der Waals surface area contributed by atoms with Gasteiger partial charge in [0.15, 0.2) is 23.1 Å². The van der Waals surface area contributed by atoms with Crippen molar-refractivity contribution in [3.05, 3.63) is 87.8 Å². The van der Waals surface area contributed by atoms with Gasteiger partial charge in [-0.05, 0) is 49.6 Å². The van der Waals surface area contributed by atoms with Gasteiger partial charge in [0.2, 0.25) is 0 Å². The van der Waals surface area contributed by atoms with E-state index in [9.17, 15) is 24.3 Å². The maximum atomic E-state index is 13.9. The van der Waals surface area contributed by atoms with Crippen LogP contribution in [0, 0.1) is 6.92 Å². The van der Waals surface area contributed by atoms with Crippen LogP contribution in [0.2, 0.25) is 0 Å². The second-order valence-corrected chi connectivity index (χ2v) is 10.5. The highest BCUT2D eigenvalue weighted by Crippen LogP contribution is 2.56. The van der Waals surface area contributed by atoms with E-state index < -0.39 is 22.9 Å². The van der Waals surface area contributed by atoms with Gasteiger partial charge >= 0.3 is 0 Å². The van der Waals surface area contributed by atoms with Gasteiger partial charge in [-0.15, -0.1) is 0 Å². The Labute approximate surface area is 241 Å². The van der Waals surface area contributed by atoms with Crippen LogP contribution in [0.5, 0.6) is 17.2 Å². The molecule has 5 rings (SSSR count). The van der Waals surface area contributed by atoms with Crippen molar-refractivity contribution in [2.45, 2.75) is 39.7 Å². The average Bonchev–Trinajstić information content (AvgIpc) is 3.25. The molecule has 2 aliphatic rings. The van der Waals surface area contributed by atoms with Gasteiger partial charge < -0.3 is 19.9 Å². The van der Waals surface area contributed by atoms with Gasteiger partial charge in [0.05, 0.1) is 18.2 Å². The summed E-state index contributed by atoms with van der Waals surface area (Å²) in [4.78, 5) is 57.0. The van der Waals surface area contributed by atoms with Crippen LogP contribution in [-0.2, 0) is 31.2 Å². The third-order valence-electron chi connectivity index (χ3n) is 7.64. The molecule has 3 N–H and O–H groups in total. The summed E-state index contributed by atoms with van der Waals surface area (Å²) in [5, 5.41) is 16.0. The first kappa shape index (κ1) is 28.6. The zero-order chi connectivity index (χ0) is 30.3. The van der Waals surface area contributed by atoms with Gasteiger partial charge in [0.1, 0.15) is 34.8 Å². The molecule has 3 aromatic carbocycles. The maximum Gasteiger partial charge on any atom is 0.259 e. The molecule has 10 heteroatoms. The molecule has 0 aromatic heterocycles. The zero-order valence-electron chi connectivity index (χ0n) is 23.8. The van der Waals surface area contributed by atoms with Crippen LogP contribution in [0.3, 0.4) is 0 Å². The highest BCUT2D eigenvalue weighted by atomic mass is 16.6. The smallest absolute Gasteiger partial charge is 0.259 e. The SMILES string of the molecule is COc1cc(O)c2c(c1C(=O)NCc1c(C)ccc3ccccc13)OC1=CC(=O)C(=C(C)NOCC(C)=O)C(=O)[C@]12C. The highest BCUT2D eigenvalue weighted by Gasteiger charge is 2.56. The van der Waals surface area contributed by atoms with Gasteiger partial charge in [-0.1, -0.05) is 36.4 Å². The summed E-state index contributed by atoms with van der Waals surface area (Å²) in [7, 11) is 1.35. The minimum absolute atomic E-state index is 0.0230. The Balaban J connectivity index is 1.55. The molecule has 0 spiro atoms. The maximum absolute atomic E-state index is 13.9. The van der Waals surface area contributed by atoms with Crippen molar-refractivity contribution < 1.29 is 38.6 Å². The summed E-state index contributed by atoms with van der Waals surface area (Å²) >= 11 is 0. The predicted molar refractivity (Wildman–Crippen MR) is 153 cm³/mol. The molecule has 0 fully saturated rings. The van der Waals surface area contributed by atoms with E-state index >= 15 is 0 Å². The van der Waals surface area contributed by atoms with Crippen LogP contribution >= 0.6 is 0 Å². The Morgan fingerprint density at radius 1 is 1.10 bits per heavy atom. The molecule has 1 aliphatic carbocycles. The number of methoxy groups -OCH3 is 1. The number of benzene rings is 3. The van der Waals surface area contributed by atoms with Gasteiger partial charge in [-0.25, -0.2) is 0 Å². The molecular weight excluding hydrogens is 540 g/mol. The summed E-state index contributed by atoms with van der Waals surface area (Å²) in [6.07, 6.45) is 1.15. The minimum Gasteiger partial charge on any atom is -0.507 e. The molecule has 0 radical (unpaired) electrons. The molecule has 0 unspecified atom stereocenters. The summed E-state index contributed by atoms with van der Waals surface area (Å²) in [5.74, 6) is -2.54. The van der Waals surface area contributed by atoms with Crippen LogP contribution in [0.25, 0.3) is 10.8 Å². The number of aromatic hydroxyl groups is 1. The number of allylic oxidation sites excluding steroid dienone is 4. The minimum atomic E-state index is -1.63. The summed E-state index contributed by atoms with van der Waals surface area (Å²) in [6, 6.07) is 13.1. The van der Waals surface area contributed by atoms with Crippen molar-refractivity contribution in [1.29, 1.82) is 0 Å². The second kappa shape index (κ2) is 10.8. The third kappa shape index (κ3) is 4.59. The number of phenols is 1. The van der Waals surface area contributed by atoms with Crippen LogP contribution in [-0.4, -0.2) is 42.1 Å². The zero-order valence-corrected chi connectivity index (χ0v) is 23.8. The number of fused-ring (bicyclic) bond motifs is 4. The number of hydroxylamine groups is 1. The standard InChI is InChI=1S/C32H30N2O8/c1-16-10-11-19-8-6-7-9-20(19)21(16)14-33-31(39)27-24(40-5)12-23(37)28-29(27)42-25-13-22(36)26(30(38)32(25,28)4)18(3)34-41-15-17(2)35/h6-13,34,37H,14-15H2,1-5H3,(H,33,39)/t32-/m1/s1. The fraction of sp³-hybridized carbons (Fsp3) is 0.250. The van der Waals surface area contributed by atoms with Crippen molar-refractivity contribution in [2.75, 3.05) is 13.7 Å². The monoisotopic (exact) mass is 570 g/mol. The molecule has 1 amide bonds. The van der Waals surface area contributed by atoms with Crippen LogP contribution in [0.1, 0.15) is 47.8 Å². The van der Waals surface area contributed by atoms with Crippen LogP contribution in [0.15, 0.2) is 65.6 Å². The number of ether oxygens (including phenoxy) is 2. The Morgan fingerprint density at radius 3 is 2.55 bits per heavy atom. The Kier molecular flexibility index (Phi) is 7.34. The summed E-state index contributed by atoms with van der Waals surface area (Å²) < 4.78 is 11.5. The molecule has 42 heavy (non-hydrogen) atoms. The van der Waals surface area contributed by atoms with E-state index in [1.807, 2.05) is 43.3 Å². The number of aryl methyl sites for hydroxylation is 1. The normalized spacial score (nSPS) is 18.5. The van der Waals surface area contributed by atoms with Crippen molar-refractivity contribution in [2.24, 2.45) is 0 Å². The van der Waals surface area contributed by atoms with E-state index in [-0.39, 0.29) is 64.3 Å². The first-order chi connectivity index (χ1) is 20.0. The molecule has 216 valence electrons. The number of carbonyl (C=O) groups excluding carboxylic acids is 4. The van der Waals surface area contributed by atoms with Gasteiger partial charge in [0.25, 0.3) is 5.91 Å². The van der Waals surface area contributed by atoms with Gasteiger partial charge in [-0.2, -0.15) is 0 Å². The third-order valence-corrected chi connectivity index (χ3v) is 7.64. The molecule has 10 nitrogen and oxygen atoms in total. The predicted octanol–water partition coefficient (Wildman–Crippen LogP) is 3.86. The molecular formula is C32H30N2O8. The molecule has 3 aromatic rings. The number of amides is 1. The molecule has 1 aliphatic heterocycles. The lowest BCUT2D eigenvalue weighted by Gasteiger charge is -2.28. The highest BCUT2D eigenvalue weighted by molar-refractivity contribution is 6.31. The largest absolute Gasteiger partial charge is 0.507 e. The topological polar surface area (TPSA) is 140 Å². The van der Waals surface area contributed by atoms with Crippen molar-refractivity contribution in [1.82, 2.24) is 10.8 Å².